The van der Waals surface area contributed by atoms with Gasteiger partial charge in [-0.1, -0.05) is 18.2 Å². The molecule has 30 heavy (non-hydrogen) atoms. The van der Waals surface area contributed by atoms with E-state index in [4.69, 9.17) is 0 Å². The van der Waals surface area contributed by atoms with E-state index >= 15 is 0 Å². The Morgan fingerprint density at radius 2 is 1.87 bits per heavy atom. The minimum absolute atomic E-state index is 0.0668. The highest BCUT2D eigenvalue weighted by Crippen LogP contribution is 2.30. The molecule has 2 amide bonds. The molecular formula is C20H22FN3O4S2. The molecule has 1 aromatic heterocycles. The van der Waals surface area contributed by atoms with Crippen LogP contribution in [-0.2, 0) is 14.8 Å². The maximum atomic E-state index is 13.1. The van der Waals surface area contributed by atoms with Gasteiger partial charge in [-0.05, 0) is 49.2 Å². The Morgan fingerprint density at radius 3 is 2.47 bits per heavy atom. The number of carbonyl (C=O) groups excluding carboxylic acids is 2. The molecule has 0 radical (unpaired) electrons. The number of hydrogen-bond donors (Lipinski definition) is 0. The predicted octanol–water partition coefficient (Wildman–Crippen LogP) is 2.78. The van der Waals surface area contributed by atoms with Crippen LogP contribution in [0.3, 0.4) is 0 Å². The maximum absolute atomic E-state index is 13.1. The summed E-state index contributed by atoms with van der Waals surface area (Å²) < 4.78 is 38.6. The number of likely N-dealkylation sites (tertiary alicyclic amines) is 1. The number of aromatic nitrogens is 1. The van der Waals surface area contributed by atoms with Gasteiger partial charge in [-0.15, -0.1) is 0 Å². The summed E-state index contributed by atoms with van der Waals surface area (Å²) in [5, 5.41) is -0.0113. The van der Waals surface area contributed by atoms with Crippen molar-refractivity contribution in [3.8, 4) is 0 Å². The van der Waals surface area contributed by atoms with Crippen molar-refractivity contribution in [1.29, 1.82) is 0 Å². The highest BCUT2D eigenvalue weighted by atomic mass is 32.2. The normalized spacial score (nSPS) is 17.8. The van der Waals surface area contributed by atoms with Crippen molar-refractivity contribution in [1.82, 2.24) is 14.2 Å². The van der Waals surface area contributed by atoms with Gasteiger partial charge in [0.25, 0.3) is 5.91 Å². The summed E-state index contributed by atoms with van der Waals surface area (Å²) in [5.41, 5.74) is 0.256. The van der Waals surface area contributed by atoms with Gasteiger partial charge in [0.2, 0.25) is 15.9 Å². The van der Waals surface area contributed by atoms with E-state index in [0.29, 0.717) is 24.4 Å². The van der Waals surface area contributed by atoms with E-state index in [0.717, 1.165) is 10.7 Å². The number of carbonyl (C=O) groups is 2. The summed E-state index contributed by atoms with van der Waals surface area (Å²) in [4.78, 5) is 31.3. The molecule has 1 aliphatic heterocycles. The van der Waals surface area contributed by atoms with E-state index in [-0.39, 0.29) is 16.4 Å². The SMILES string of the molecule is CN(C)S(=O)(=O)c1ccc(SC2CCCCN(C(=O)c3ccc(F)cc3)C2=O)nc1. The lowest BCUT2D eigenvalue weighted by Gasteiger charge is -2.22. The van der Waals surface area contributed by atoms with E-state index in [1.54, 1.807) is 6.07 Å². The lowest BCUT2D eigenvalue weighted by molar-refractivity contribution is -0.127. The van der Waals surface area contributed by atoms with Gasteiger partial charge in [-0.3, -0.25) is 14.5 Å². The molecule has 1 aromatic carbocycles. The molecule has 7 nitrogen and oxygen atoms in total. The largest absolute Gasteiger partial charge is 0.278 e. The Balaban J connectivity index is 1.76. The molecule has 1 unspecified atom stereocenters. The van der Waals surface area contributed by atoms with Crippen molar-refractivity contribution in [2.24, 2.45) is 0 Å². The fourth-order valence-electron chi connectivity index (χ4n) is 3.01. The van der Waals surface area contributed by atoms with Gasteiger partial charge >= 0.3 is 0 Å². The van der Waals surface area contributed by atoms with E-state index < -0.39 is 27.0 Å². The van der Waals surface area contributed by atoms with E-state index in [1.807, 2.05) is 0 Å². The van der Waals surface area contributed by atoms with Crippen molar-refractivity contribution in [3.63, 3.8) is 0 Å². The van der Waals surface area contributed by atoms with Crippen LogP contribution >= 0.6 is 11.8 Å². The number of thioether (sulfide) groups is 1. The van der Waals surface area contributed by atoms with Crippen LogP contribution < -0.4 is 0 Å². The highest BCUT2D eigenvalue weighted by molar-refractivity contribution is 8.00. The number of sulfonamides is 1. The number of amides is 2. The molecule has 0 aliphatic carbocycles. The predicted molar refractivity (Wildman–Crippen MR) is 111 cm³/mol. The van der Waals surface area contributed by atoms with Gasteiger partial charge in [0.1, 0.15) is 10.7 Å². The number of rotatable bonds is 5. The zero-order chi connectivity index (χ0) is 21.9. The lowest BCUT2D eigenvalue weighted by atomic mass is 10.2. The second kappa shape index (κ2) is 9.23. The quantitative estimate of drug-likeness (QED) is 0.650. The van der Waals surface area contributed by atoms with Crippen LogP contribution in [0.2, 0.25) is 0 Å². The Kier molecular flexibility index (Phi) is 6.89. The second-order valence-corrected chi connectivity index (χ2v) is 10.4. The summed E-state index contributed by atoms with van der Waals surface area (Å²) in [6, 6.07) is 8.12. The van der Waals surface area contributed by atoms with Crippen molar-refractivity contribution < 1.29 is 22.4 Å². The molecule has 10 heteroatoms. The van der Waals surface area contributed by atoms with Gasteiger partial charge in [0.15, 0.2) is 0 Å². The third-order valence-corrected chi connectivity index (χ3v) is 7.73. The average Bonchev–Trinajstić information content (AvgIpc) is 2.90. The van der Waals surface area contributed by atoms with Gasteiger partial charge in [-0.2, -0.15) is 0 Å². The zero-order valence-electron chi connectivity index (χ0n) is 16.6. The molecule has 0 spiro atoms. The van der Waals surface area contributed by atoms with Crippen molar-refractivity contribution in [3.05, 3.63) is 54.0 Å². The number of nitrogens with zero attached hydrogens (tertiary/aromatic N) is 3. The summed E-state index contributed by atoms with van der Waals surface area (Å²) in [6.45, 7) is 0.305. The van der Waals surface area contributed by atoms with E-state index in [1.165, 1.54) is 67.3 Å². The van der Waals surface area contributed by atoms with Crippen LogP contribution in [-0.4, -0.2) is 60.3 Å². The van der Waals surface area contributed by atoms with E-state index in [2.05, 4.69) is 4.98 Å². The molecule has 0 saturated carbocycles. The first-order valence-corrected chi connectivity index (χ1v) is 11.7. The maximum Gasteiger partial charge on any atom is 0.260 e. The van der Waals surface area contributed by atoms with Crippen molar-refractivity contribution in [2.75, 3.05) is 20.6 Å². The fraction of sp³-hybridized carbons (Fsp3) is 0.350. The number of imide groups is 1. The third-order valence-electron chi connectivity index (χ3n) is 4.73. The van der Waals surface area contributed by atoms with Crippen LogP contribution in [0, 0.1) is 5.82 Å². The molecule has 0 bridgehead atoms. The first kappa shape index (κ1) is 22.4. The third kappa shape index (κ3) is 4.88. The minimum Gasteiger partial charge on any atom is -0.278 e. The average molecular weight is 452 g/mol. The van der Waals surface area contributed by atoms with Crippen LogP contribution in [0.1, 0.15) is 29.6 Å². The lowest BCUT2D eigenvalue weighted by Crippen LogP contribution is -2.41. The van der Waals surface area contributed by atoms with Crippen molar-refractivity contribution >= 4 is 33.6 Å². The van der Waals surface area contributed by atoms with Gasteiger partial charge < -0.3 is 0 Å². The monoisotopic (exact) mass is 451 g/mol. The number of hydrogen-bond acceptors (Lipinski definition) is 6. The Bertz CT molecular complexity index is 1030. The molecular weight excluding hydrogens is 429 g/mol. The number of pyridine rings is 1. The van der Waals surface area contributed by atoms with Gasteiger partial charge in [0.05, 0.1) is 10.3 Å². The second-order valence-electron chi connectivity index (χ2n) is 7.02. The first-order valence-electron chi connectivity index (χ1n) is 9.36. The van der Waals surface area contributed by atoms with Crippen LogP contribution in [0.4, 0.5) is 4.39 Å². The Labute approximate surface area is 179 Å². The molecule has 2 aromatic rings. The summed E-state index contributed by atoms with van der Waals surface area (Å²) in [5.74, 6) is -1.22. The van der Waals surface area contributed by atoms with Crippen molar-refractivity contribution in [2.45, 2.75) is 34.4 Å². The molecule has 2 heterocycles. The fourth-order valence-corrected chi connectivity index (χ4v) is 4.92. The standard InChI is InChI=1S/C20H22FN3O4S2/c1-23(2)30(27,28)16-10-11-18(22-13-16)29-17-5-3-4-12-24(20(17)26)19(25)14-6-8-15(21)9-7-14/h6-11,13,17H,3-5,12H2,1-2H3. The van der Waals surface area contributed by atoms with Gasteiger partial charge in [-0.25, -0.2) is 22.1 Å². The summed E-state index contributed by atoms with van der Waals surface area (Å²) >= 11 is 1.21. The smallest absolute Gasteiger partial charge is 0.260 e. The molecule has 1 atom stereocenters. The van der Waals surface area contributed by atoms with Crippen LogP contribution in [0.15, 0.2) is 52.5 Å². The van der Waals surface area contributed by atoms with Crippen LogP contribution in [0.25, 0.3) is 0 Å². The molecule has 1 fully saturated rings. The molecule has 160 valence electrons. The molecule has 3 rings (SSSR count). The topological polar surface area (TPSA) is 87.7 Å². The summed E-state index contributed by atoms with van der Waals surface area (Å²) in [6.07, 6.45) is 3.29. The first-order chi connectivity index (χ1) is 14.2. The molecule has 1 aliphatic rings. The zero-order valence-corrected chi connectivity index (χ0v) is 18.2. The Morgan fingerprint density at radius 1 is 1.17 bits per heavy atom. The molecule has 1 saturated heterocycles. The Hall–Kier alpha value is -2.30. The number of benzene rings is 1. The van der Waals surface area contributed by atoms with Crippen LogP contribution in [0.5, 0.6) is 0 Å². The highest BCUT2D eigenvalue weighted by Gasteiger charge is 2.32. The van der Waals surface area contributed by atoms with E-state index in [9.17, 15) is 22.4 Å². The summed E-state index contributed by atoms with van der Waals surface area (Å²) in [7, 11) is -0.703. The molecule has 0 N–H and O–H groups in total. The van der Waals surface area contributed by atoms with Gasteiger partial charge in [0, 0.05) is 32.4 Å². The minimum atomic E-state index is -3.58. The number of halogens is 1.